The molecule has 0 saturated heterocycles. The second-order valence-electron chi connectivity index (χ2n) is 6.44. The first-order valence-electron chi connectivity index (χ1n) is 8.94. The first kappa shape index (κ1) is 19.1. The summed E-state index contributed by atoms with van der Waals surface area (Å²) in [6, 6.07) is 11.0. The fourth-order valence-corrected chi connectivity index (χ4v) is 3.80. The molecule has 4 rings (SSSR count). The lowest BCUT2D eigenvalue weighted by atomic mass is 10.0. The fraction of sp³-hybridized carbons (Fsp3) is 0.263. The summed E-state index contributed by atoms with van der Waals surface area (Å²) < 4.78 is 12.1. The van der Waals surface area contributed by atoms with Gasteiger partial charge in [-0.05, 0) is 48.9 Å². The highest BCUT2D eigenvalue weighted by Crippen LogP contribution is 2.34. The predicted molar refractivity (Wildman–Crippen MR) is 108 cm³/mol. The number of furan rings is 1. The second-order valence-corrected chi connectivity index (χ2v) is 7.38. The summed E-state index contributed by atoms with van der Waals surface area (Å²) in [4.78, 5) is 13.0. The number of hydrogen-bond donors (Lipinski definition) is 1. The number of hydrogen-bond acceptors (Lipinski definition) is 8. The molecule has 2 N–H and O–H groups in total. The Kier molecular flexibility index (Phi) is 5.26. The molecule has 0 spiro atoms. The van der Waals surface area contributed by atoms with E-state index in [1.165, 1.54) is 21.4 Å². The number of nitrogens with zero attached hydrogens (tertiary/aromatic N) is 5. The van der Waals surface area contributed by atoms with E-state index in [9.17, 15) is 4.79 Å². The minimum atomic E-state index is -0.298. The molecule has 1 aliphatic heterocycles. The molecule has 0 fully saturated rings. The molecule has 0 radical (unpaired) electrons. The van der Waals surface area contributed by atoms with Crippen LogP contribution < -0.4 is 10.6 Å². The van der Waals surface area contributed by atoms with Crippen LogP contribution in [0.25, 0.3) is 0 Å². The Labute approximate surface area is 171 Å². The van der Waals surface area contributed by atoms with Gasteiger partial charge in [0.15, 0.2) is 0 Å². The molecule has 1 amide bonds. The Morgan fingerprint density at radius 1 is 1.31 bits per heavy atom. The Morgan fingerprint density at radius 3 is 2.72 bits per heavy atom. The maximum atomic E-state index is 13.0. The third kappa shape index (κ3) is 3.83. The van der Waals surface area contributed by atoms with Crippen molar-refractivity contribution >= 4 is 23.4 Å². The lowest BCUT2D eigenvalue weighted by molar-refractivity contribution is -0.130. The van der Waals surface area contributed by atoms with E-state index in [-0.39, 0.29) is 17.7 Å². The first-order chi connectivity index (χ1) is 14.1. The van der Waals surface area contributed by atoms with E-state index in [0.717, 1.165) is 17.0 Å². The van der Waals surface area contributed by atoms with Crippen LogP contribution in [0.4, 0.5) is 0 Å². The molecule has 29 heavy (non-hydrogen) atoms. The van der Waals surface area contributed by atoms with Gasteiger partial charge in [0, 0.05) is 6.42 Å². The van der Waals surface area contributed by atoms with Gasteiger partial charge >= 0.3 is 0 Å². The molecule has 0 aliphatic carbocycles. The Bertz CT molecular complexity index is 1030. The van der Waals surface area contributed by atoms with Crippen molar-refractivity contribution in [2.24, 2.45) is 5.10 Å². The molecule has 2 aromatic heterocycles. The van der Waals surface area contributed by atoms with E-state index in [1.54, 1.807) is 26.4 Å². The standard InChI is InChI=1S/C19H20N6O3S/c1-12-21-22-19(24(12)20)29-11-18(26)25-16(17-4-3-9-28-17)10-15(23-25)13-5-7-14(27-2)8-6-13/h3-9,16H,10-11,20H2,1-2H3/t16-/m0/s1. The average Bonchev–Trinajstić information content (AvgIpc) is 3.48. The molecule has 1 aromatic carbocycles. The number of hydrazone groups is 1. The van der Waals surface area contributed by atoms with Crippen molar-refractivity contribution in [2.75, 3.05) is 18.7 Å². The number of nitrogens with two attached hydrogens (primary N) is 1. The van der Waals surface area contributed by atoms with Gasteiger partial charge in [-0.2, -0.15) is 5.10 Å². The van der Waals surface area contributed by atoms with Crippen LogP contribution in [0.2, 0.25) is 0 Å². The highest BCUT2D eigenvalue weighted by Gasteiger charge is 2.35. The van der Waals surface area contributed by atoms with Crippen LogP contribution in [0.1, 0.15) is 29.6 Å². The van der Waals surface area contributed by atoms with Gasteiger partial charge in [-0.1, -0.05) is 11.8 Å². The molecule has 3 aromatic rings. The summed E-state index contributed by atoms with van der Waals surface area (Å²) in [5, 5.41) is 14.4. The van der Waals surface area contributed by atoms with Crippen LogP contribution in [0.15, 0.2) is 57.3 Å². The molecule has 0 bridgehead atoms. The maximum absolute atomic E-state index is 13.0. The molecule has 3 heterocycles. The zero-order valence-electron chi connectivity index (χ0n) is 16.0. The number of ether oxygens (including phenoxy) is 1. The molecule has 9 nitrogen and oxygen atoms in total. The van der Waals surface area contributed by atoms with Crippen LogP contribution in [0.3, 0.4) is 0 Å². The van der Waals surface area contributed by atoms with Crippen molar-refractivity contribution in [1.29, 1.82) is 0 Å². The summed E-state index contributed by atoms with van der Waals surface area (Å²) in [5.41, 5.74) is 1.74. The van der Waals surface area contributed by atoms with Crippen molar-refractivity contribution < 1.29 is 13.9 Å². The highest BCUT2D eigenvalue weighted by molar-refractivity contribution is 7.99. The topological polar surface area (TPSA) is 112 Å². The number of rotatable bonds is 6. The highest BCUT2D eigenvalue weighted by atomic mass is 32.2. The first-order valence-corrected chi connectivity index (χ1v) is 9.92. The molecule has 1 aliphatic rings. The SMILES string of the molecule is COc1ccc(C2=NN(C(=O)CSc3nnc(C)n3N)[C@H](c3ccco3)C2)cc1. The van der Waals surface area contributed by atoms with Crippen LogP contribution >= 0.6 is 11.8 Å². The Balaban J connectivity index is 1.55. The summed E-state index contributed by atoms with van der Waals surface area (Å²) in [6.07, 6.45) is 2.15. The number of benzene rings is 1. The van der Waals surface area contributed by atoms with Gasteiger partial charge in [-0.25, -0.2) is 9.69 Å². The fourth-order valence-electron chi connectivity index (χ4n) is 3.04. The van der Waals surface area contributed by atoms with Crippen molar-refractivity contribution in [1.82, 2.24) is 19.9 Å². The normalized spacial score (nSPS) is 16.1. The smallest absolute Gasteiger partial charge is 0.253 e. The number of thioether (sulfide) groups is 1. The summed E-state index contributed by atoms with van der Waals surface area (Å²) in [6.45, 7) is 1.75. The second kappa shape index (κ2) is 8.00. The van der Waals surface area contributed by atoms with Gasteiger partial charge < -0.3 is 15.0 Å². The lowest BCUT2D eigenvalue weighted by Crippen LogP contribution is -2.28. The van der Waals surface area contributed by atoms with Crippen LogP contribution in [-0.4, -0.2) is 44.4 Å². The third-order valence-electron chi connectivity index (χ3n) is 4.62. The number of carbonyl (C=O) groups excluding carboxylic acids is 1. The summed E-state index contributed by atoms with van der Waals surface area (Å²) >= 11 is 1.22. The van der Waals surface area contributed by atoms with Gasteiger partial charge in [-0.15, -0.1) is 10.2 Å². The van der Waals surface area contributed by atoms with Gasteiger partial charge in [-0.3, -0.25) is 4.79 Å². The van der Waals surface area contributed by atoms with Crippen LogP contribution in [-0.2, 0) is 4.79 Å². The molecule has 10 heteroatoms. The van der Waals surface area contributed by atoms with Crippen molar-refractivity contribution in [3.8, 4) is 5.75 Å². The molecule has 0 saturated carbocycles. The number of nitrogen functional groups attached to an aromatic ring is 1. The summed E-state index contributed by atoms with van der Waals surface area (Å²) in [5.74, 6) is 7.86. The van der Waals surface area contributed by atoms with Crippen LogP contribution in [0.5, 0.6) is 5.75 Å². The van der Waals surface area contributed by atoms with E-state index in [1.807, 2.05) is 30.3 Å². The minimum absolute atomic E-state index is 0.131. The van der Waals surface area contributed by atoms with Crippen LogP contribution in [0, 0.1) is 6.92 Å². The molecular formula is C19H20N6O3S. The van der Waals surface area contributed by atoms with Crippen molar-refractivity contribution in [3.63, 3.8) is 0 Å². The lowest BCUT2D eigenvalue weighted by Gasteiger charge is -2.19. The average molecular weight is 412 g/mol. The number of amides is 1. The minimum Gasteiger partial charge on any atom is -0.497 e. The summed E-state index contributed by atoms with van der Waals surface area (Å²) in [7, 11) is 1.62. The van der Waals surface area contributed by atoms with E-state index in [4.69, 9.17) is 15.0 Å². The quantitative estimate of drug-likeness (QED) is 0.489. The van der Waals surface area contributed by atoms with E-state index in [0.29, 0.717) is 23.2 Å². The maximum Gasteiger partial charge on any atom is 0.253 e. The van der Waals surface area contributed by atoms with Gasteiger partial charge in [0.2, 0.25) is 5.16 Å². The Morgan fingerprint density at radius 2 is 2.10 bits per heavy atom. The number of methoxy groups -OCH3 is 1. The zero-order valence-corrected chi connectivity index (χ0v) is 16.8. The van der Waals surface area contributed by atoms with Gasteiger partial charge in [0.25, 0.3) is 5.91 Å². The molecular weight excluding hydrogens is 392 g/mol. The molecule has 1 atom stereocenters. The number of aromatic nitrogens is 3. The van der Waals surface area contributed by atoms with E-state index < -0.39 is 0 Å². The molecule has 0 unspecified atom stereocenters. The van der Waals surface area contributed by atoms with Gasteiger partial charge in [0.1, 0.15) is 23.4 Å². The van der Waals surface area contributed by atoms with E-state index in [2.05, 4.69) is 15.3 Å². The van der Waals surface area contributed by atoms with Crippen molar-refractivity contribution in [3.05, 3.63) is 59.8 Å². The molecule has 150 valence electrons. The zero-order chi connectivity index (χ0) is 20.4. The number of aryl methyl sites for hydroxylation is 1. The van der Waals surface area contributed by atoms with Crippen molar-refractivity contribution in [2.45, 2.75) is 24.5 Å². The monoisotopic (exact) mass is 412 g/mol. The third-order valence-corrected chi connectivity index (χ3v) is 5.55. The largest absolute Gasteiger partial charge is 0.497 e. The van der Waals surface area contributed by atoms with Gasteiger partial charge in [0.05, 0.1) is 24.8 Å². The Hall–Kier alpha value is -3.27. The number of carbonyl (C=O) groups is 1. The van der Waals surface area contributed by atoms with E-state index >= 15 is 0 Å². The predicted octanol–water partition coefficient (Wildman–Crippen LogP) is 2.37.